The van der Waals surface area contributed by atoms with Gasteiger partial charge in [0.15, 0.2) is 5.17 Å². The van der Waals surface area contributed by atoms with Crippen molar-refractivity contribution in [3.05, 3.63) is 69.5 Å². The summed E-state index contributed by atoms with van der Waals surface area (Å²) in [6.45, 7) is 0. The number of benzene rings is 2. The molecule has 5 heteroatoms. The minimum Gasteiger partial charge on any atom is -0.290 e. The van der Waals surface area contributed by atoms with Gasteiger partial charge in [0.25, 0.3) is 5.91 Å². The number of halogens is 1. The van der Waals surface area contributed by atoms with E-state index in [9.17, 15) is 4.79 Å². The molecule has 0 atom stereocenters. The number of thioether (sulfide) groups is 1. The van der Waals surface area contributed by atoms with Crippen molar-refractivity contribution in [3.8, 4) is 0 Å². The van der Waals surface area contributed by atoms with Crippen molar-refractivity contribution in [1.82, 2.24) is 4.90 Å². The molecule has 0 aliphatic carbocycles. The molecule has 0 radical (unpaired) electrons. The number of carbonyl (C=O) groups is 1. The Labute approximate surface area is 141 Å². The van der Waals surface area contributed by atoms with E-state index in [2.05, 4.69) is 20.9 Å². The van der Waals surface area contributed by atoms with Crippen LogP contribution < -0.4 is 0 Å². The highest BCUT2D eigenvalue weighted by Crippen LogP contribution is 2.33. The summed E-state index contributed by atoms with van der Waals surface area (Å²) in [5, 5.41) is 0.694. The van der Waals surface area contributed by atoms with Crippen LogP contribution in [0.1, 0.15) is 5.56 Å². The molecule has 110 valence electrons. The first kappa shape index (κ1) is 15.1. The van der Waals surface area contributed by atoms with Gasteiger partial charge in [-0.1, -0.05) is 46.3 Å². The fraction of sp³-hybridized carbons (Fsp3) is 0.0588. The SMILES string of the molecule is CN1C(=O)/C(=C\c2ccc(Br)cc2)SC1=Nc1ccccc1. The van der Waals surface area contributed by atoms with Gasteiger partial charge in [-0.3, -0.25) is 9.69 Å². The molecule has 3 rings (SSSR count). The van der Waals surface area contributed by atoms with Crippen LogP contribution >= 0.6 is 27.7 Å². The van der Waals surface area contributed by atoms with Crippen LogP contribution in [0.15, 0.2) is 69.0 Å². The maximum atomic E-state index is 12.3. The van der Waals surface area contributed by atoms with Crippen LogP contribution in [0.2, 0.25) is 0 Å². The zero-order chi connectivity index (χ0) is 15.5. The molecule has 0 bridgehead atoms. The van der Waals surface area contributed by atoms with E-state index >= 15 is 0 Å². The molecule has 0 N–H and O–H groups in total. The van der Waals surface area contributed by atoms with E-state index in [0.29, 0.717) is 10.1 Å². The van der Waals surface area contributed by atoms with Gasteiger partial charge < -0.3 is 0 Å². The molecule has 2 aromatic carbocycles. The van der Waals surface area contributed by atoms with E-state index in [1.54, 1.807) is 11.9 Å². The molecule has 1 fully saturated rings. The van der Waals surface area contributed by atoms with Crippen molar-refractivity contribution < 1.29 is 4.79 Å². The fourth-order valence-electron chi connectivity index (χ4n) is 1.97. The summed E-state index contributed by atoms with van der Waals surface area (Å²) in [4.78, 5) is 19.1. The third kappa shape index (κ3) is 3.31. The van der Waals surface area contributed by atoms with Gasteiger partial charge in [-0.2, -0.15) is 0 Å². The molecule has 3 nitrogen and oxygen atoms in total. The van der Waals surface area contributed by atoms with Crippen LogP contribution in [0.4, 0.5) is 5.69 Å². The van der Waals surface area contributed by atoms with E-state index in [4.69, 9.17) is 0 Å². The van der Waals surface area contributed by atoms with E-state index in [1.165, 1.54) is 11.8 Å². The first-order valence-corrected chi connectivity index (χ1v) is 8.31. The van der Waals surface area contributed by atoms with Crippen molar-refractivity contribution in [2.45, 2.75) is 0 Å². The molecule has 1 aliphatic heterocycles. The van der Waals surface area contributed by atoms with Crippen LogP contribution in [0.3, 0.4) is 0 Å². The van der Waals surface area contributed by atoms with Gasteiger partial charge in [-0.25, -0.2) is 4.99 Å². The predicted molar refractivity (Wildman–Crippen MR) is 96.0 cm³/mol. The van der Waals surface area contributed by atoms with E-state index < -0.39 is 0 Å². The summed E-state index contributed by atoms with van der Waals surface area (Å²) >= 11 is 4.80. The second-order valence-corrected chi connectivity index (χ2v) is 6.68. The Bertz CT molecular complexity index is 754. The average molecular weight is 373 g/mol. The number of amides is 1. The Hall–Kier alpha value is -1.85. The molecular weight excluding hydrogens is 360 g/mol. The molecule has 22 heavy (non-hydrogen) atoms. The lowest BCUT2D eigenvalue weighted by atomic mass is 10.2. The first-order chi connectivity index (χ1) is 10.6. The van der Waals surface area contributed by atoms with Crippen LogP contribution in [0, 0.1) is 0 Å². The Morgan fingerprint density at radius 2 is 1.77 bits per heavy atom. The largest absolute Gasteiger partial charge is 0.290 e. The van der Waals surface area contributed by atoms with Gasteiger partial charge in [0.05, 0.1) is 10.6 Å². The van der Waals surface area contributed by atoms with Crippen LogP contribution in [-0.2, 0) is 4.79 Å². The third-order valence-electron chi connectivity index (χ3n) is 3.15. The number of para-hydroxylation sites is 1. The normalized spacial score (nSPS) is 18.5. The minimum atomic E-state index is -0.0254. The summed E-state index contributed by atoms with van der Waals surface area (Å²) in [5.74, 6) is -0.0254. The van der Waals surface area contributed by atoms with Crippen molar-refractivity contribution >= 4 is 50.5 Å². The maximum Gasteiger partial charge on any atom is 0.266 e. The lowest BCUT2D eigenvalue weighted by Crippen LogP contribution is -2.23. The molecule has 0 saturated carbocycles. The van der Waals surface area contributed by atoms with Gasteiger partial charge >= 0.3 is 0 Å². The van der Waals surface area contributed by atoms with Crippen LogP contribution in [0.25, 0.3) is 6.08 Å². The second-order valence-electron chi connectivity index (χ2n) is 4.76. The van der Waals surface area contributed by atoms with E-state index in [1.807, 2.05) is 60.7 Å². The van der Waals surface area contributed by atoms with Gasteiger partial charge in [0, 0.05) is 11.5 Å². The highest BCUT2D eigenvalue weighted by molar-refractivity contribution is 9.10. The number of likely N-dealkylation sites (N-methyl/N-ethyl adjacent to an activating group) is 1. The number of hydrogen-bond donors (Lipinski definition) is 0. The second kappa shape index (κ2) is 6.50. The molecule has 1 saturated heterocycles. The Kier molecular flexibility index (Phi) is 4.45. The average Bonchev–Trinajstić information content (AvgIpc) is 2.79. The molecule has 0 unspecified atom stereocenters. The van der Waals surface area contributed by atoms with Gasteiger partial charge in [0.1, 0.15) is 0 Å². The Balaban J connectivity index is 1.88. The topological polar surface area (TPSA) is 32.7 Å². The summed E-state index contributed by atoms with van der Waals surface area (Å²) < 4.78 is 1.02. The summed E-state index contributed by atoms with van der Waals surface area (Å²) in [6.07, 6.45) is 1.89. The minimum absolute atomic E-state index is 0.0254. The summed E-state index contributed by atoms with van der Waals surface area (Å²) in [5.41, 5.74) is 1.84. The van der Waals surface area contributed by atoms with E-state index in [-0.39, 0.29) is 5.91 Å². The predicted octanol–water partition coefficient (Wildman–Crippen LogP) is 4.68. The third-order valence-corrected chi connectivity index (χ3v) is 4.74. The molecule has 2 aromatic rings. The number of hydrogen-bond acceptors (Lipinski definition) is 3. The van der Waals surface area contributed by atoms with Crippen molar-refractivity contribution in [2.24, 2.45) is 4.99 Å². The molecule has 1 aliphatic rings. The first-order valence-electron chi connectivity index (χ1n) is 6.70. The van der Waals surface area contributed by atoms with Gasteiger partial charge in [-0.15, -0.1) is 0 Å². The molecule has 1 amide bonds. The molecule has 0 spiro atoms. The zero-order valence-corrected chi connectivity index (χ0v) is 14.3. The van der Waals surface area contributed by atoms with Crippen LogP contribution in [0.5, 0.6) is 0 Å². The Morgan fingerprint density at radius 1 is 1.09 bits per heavy atom. The summed E-state index contributed by atoms with van der Waals surface area (Å²) in [7, 11) is 1.75. The van der Waals surface area contributed by atoms with Crippen LogP contribution in [-0.4, -0.2) is 23.0 Å². The lowest BCUT2D eigenvalue weighted by Gasteiger charge is -2.06. The monoisotopic (exact) mass is 372 g/mol. The van der Waals surface area contributed by atoms with Gasteiger partial charge in [-0.05, 0) is 47.7 Å². The number of aliphatic imine (C=N–C) groups is 1. The highest BCUT2D eigenvalue weighted by Gasteiger charge is 2.30. The standard InChI is InChI=1S/C17H13BrN2OS/c1-20-16(21)15(11-12-7-9-13(18)10-8-12)22-17(20)19-14-5-3-2-4-6-14/h2-11H,1H3/b15-11+,19-17?. The van der Waals surface area contributed by atoms with Crippen molar-refractivity contribution in [2.75, 3.05) is 7.05 Å². The van der Waals surface area contributed by atoms with Crippen molar-refractivity contribution in [3.63, 3.8) is 0 Å². The zero-order valence-electron chi connectivity index (χ0n) is 11.9. The molecular formula is C17H13BrN2OS. The smallest absolute Gasteiger partial charge is 0.266 e. The number of amidine groups is 1. The quantitative estimate of drug-likeness (QED) is 0.716. The van der Waals surface area contributed by atoms with Gasteiger partial charge in [0.2, 0.25) is 0 Å². The van der Waals surface area contributed by atoms with E-state index in [0.717, 1.165) is 15.7 Å². The fourth-order valence-corrected chi connectivity index (χ4v) is 3.23. The number of nitrogens with zero attached hydrogens (tertiary/aromatic N) is 2. The summed E-state index contributed by atoms with van der Waals surface area (Å²) in [6, 6.07) is 17.5. The number of carbonyl (C=O) groups excluding carboxylic acids is 1. The van der Waals surface area contributed by atoms with Crippen molar-refractivity contribution in [1.29, 1.82) is 0 Å². The maximum absolute atomic E-state index is 12.3. The number of rotatable bonds is 2. The lowest BCUT2D eigenvalue weighted by molar-refractivity contribution is -0.121. The molecule has 0 aromatic heterocycles. The highest BCUT2D eigenvalue weighted by atomic mass is 79.9. The molecule has 1 heterocycles. The Morgan fingerprint density at radius 3 is 2.45 bits per heavy atom.